The van der Waals surface area contributed by atoms with E-state index < -0.39 is 22.0 Å². The van der Waals surface area contributed by atoms with E-state index in [4.69, 9.17) is 0 Å². The van der Waals surface area contributed by atoms with Crippen LogP contribution in [-0.4, -0.2) is 41.3 Å². The van der Waals surface area contributed by atoms with E-state index in [1.165, 1.54) is 22.5 Å². The maximum Gasteiger partial charge on any atom is 0.252 e. The van der Waals surface area contributed by atoms with Gasteiger partial charge in [-0.2, -0.15) is 4.31 Å². The van der Waals surface area contributed by atoms with Crippen molar-refractivity contribution in [2.45, 2.75) is 37.1 Å². The average Bonchev–Trinajstić information content (AvgIpc) is 3.24. The van der Waals surface area contributed by atoms with Gasteiger partial charge in [0.25, 0.3) is 5.91 Å². The highest BCUT2D eigenvalue weighted by molar-refractivity contribution is 7.89. The molecule has 7 nitrogen and oxygen atoms in total. The van der Waals surface area contributed by atoms with Crippen LogP contribution in [0.5, 0.6) is 0 Å². The van der Waals surface area contributed by atoms with Crippen LogP contribution in [0.15, 0.2) is 59.8 Å². The predicted octanol–water partition coefficient (Wildman–Crippen LogP) is 3.56. The molecule has 1 amide bonds. The summed E-state index contributed by atoms with van der Waals surface area (Å²) in [4.78, 5) is 17.7. The highest BCUT2D eigenvalue weighted by Gasteiger charge is 2.29. The maximum atomic E-state index is 13.5. The second kappa shape index (κ2) is 9.44. The quantitative estimate of drug-likeness (QED) is 0.597. The summed E-state index contributed by atoms with van der Waals surface area (Å²) in [5.41, 5.74) is 1.49. The highest BCUT2D eigenvalue weighted by atomic mass is 32.2. The van der Waals surface area contributed by atoms with Crippen LogP contribution in [0.1, 0.15) is 52.6 Å². The minimum atomic E-state index is -3.69. The van der Waals surface area contributed by atoms with E-state index in [1.807, 2.05) is 0 Å². The standard InChI is InChI=1S/C24H27FN4O3S/c1-17-6-7-19(16-21(17)33(31,32)29-13-4-3-5-14-29)24(30)27-22(23-26-12-15-28(23)2)18-8-10-20(25)11-9-18/h6-12,15-16,22H,3-5,13-14H2,1-2H3,(H,27,30). The molecule has 1 aliphatic heterocycles. The first-order valence-corrected chi connectivity index (χ1v) is 12.4. The van der Waals surface area contributed by atoms with Gasteiger partial charge in [-0.15, -0.1) is 0 Å². The Hall–Kier alpha value is -3.04. The van der Waals surface area contributed by atoms with Gasteiger partial charge in [-0.3, -0.25) is 4.79 Å². The van der Waals surface area contributed by atoms with Gasteiger partial charge in [0.2, 0.25) is 10.0 Å². The summed E-state index contributed by atoms with van der Waals surface area (Å²) in [6.07, 6.45) is 6.06. The molecule has 0 saturated carbocycles. The van der Waals surface area contributed by atoms with E-state index in [2.05, 4.69) is 10.3 Å². The third kappa shape index (κ3) is 4.84. The van der Waals surface area contributed by atoms with Crippen molar-refractivity contribution >= 4 is 15.9 Å². The van der Waals surface area contributed by atoms with Crippen LogP contribution in [0.25, 0.3) is 0 Å². The zero-order chi connectivity index (χ0) is 23.6. The third-order valence-electron chi connectivity index (χ3n) is 5.98. The second-order valence-electron chi connectivity index (χ2n) is 8.30. The molecular formula is C24H27FN4O3S. The highest BCUT2D eigenvalue weighted by Crippen LogP contribution is 2.26. The molecule has 1 unspecified atom stereocenters. The number of imidazole rings is 1. The number of nitrogens with one attached hydrogen (secondary N) is 1. The molecule has 9 heteroatoms. The van der Waals surface area contributed by atoms with Crippen molar-refractivity contribution in [3.05, 3.63) is 83.2 Å². The van der Waals surface area contributed by atoms with Crippen molar-refractivity contribution in [2.24, 2.45) is 7.05 Å². The van der Waals surface area contributed by atoms with Crippen LogP contribution in [0.4, 0.5) is 4.39 Å². The molecule has 2 aromatic carbocycles. The van der Waals surface area contributed by atoms with Gasteiger partial charge in [0, 0.05) is 38.1 Å². The fraction of sp³-hybridized carbons (Fsp3) is 0.333. The Morgan fingerprint density at radius 2 is 1.79 bits per heavy atom. The SMILES string of the molecule is Cc1ccc(C(=O)NC(c2ccc(F)cc2)c2nccn2C)cc1S(=O)(=O)N1CCCCC1. The molecule has 4 rings (SSSR count). The molecule has 1 N–H and O–H groups in total. The normalized spacial score (nSPS) is 15.8. The lowest BCUT2D eigenvalue weighted by molar-refractivity contribution is 0.0941. The molecule has 3 aromatic rings. The van der Waals surface area contributed by atoms with E-state index in [-0.39, 0.29) is 16.3 Å². The smallest absolute Gasteiger partial charge is 0.252 e. The van der Waals surface area contributed by atoms with Crippen LogP contribution >= 0.6 is 0 Å². The van der Waals surface area contributed by atoms with Crippen LogP contribution in [0.2, 0.25) is 0 Å². The number of amides is 1. The van der Waals surface area contributed by atoms with Crippen LogP contribution < -0.4 is 5.32 Å². The minimum Gasteiger partial charge on any atom is -0.338 e. The Morgan fingerprint density at radius 1 is 1.09 bits per heavy atom. The largest absolute Gasteiger partial charge is 0.338 e. The van der Waals surface area contributed by atoms with Gasteiger partial charge in [0.15, 0.2) is 0 Å². The van der Waals surface area contributed by atoms with E-state index in [0.717, 1.165) is 19.3 Å². The van der Waals surface area contributed by atoms with Gasteiger partial charge in [-0.1, -0.05) is 24.6 Å². The molecule has 0 bridgehead atoms. The van der Waals surface area contributed by atoms with Crippen LogP contribution in [-0.2, 0) is 17.1 Å². The molecule has 1 fully saturated rings. The Bertz CT molecular complexity index is 1250. The molecule has 0 aliphatic carbocycles. The third-order valence-corrected chi connectivity index (χ3v) is 8.02. The molecule has 0 spiro atoms. The van der Waals surface area contributed by atoms with Crippen molar-refractivity contribution < 1.29 is 17.6 Å². The fourth-order valence-corrected chi connectivity index (χ4v) is 5.85. The van der Waals surface area contributed by atoms with Gasteiger partial charge in [-0.25, -0.2) is 17.8 Å². The van der Waals surface area contributed by atoms with Crippen molar-refractivity contribution in [1.29, 1.82) is 0 Å². The molecule has 174 valence electrons. The van der Waals surface area contributed by atoms with Gasteiger partial charge in [0.05, 0.1) is 4.90 Å². The summed E-state index contributed by atoms with van der Waals surface area (Å²) in [7, 11) is -1.88. The first kappa shape index (κ1) is 23.1. The number of piperidine rings is 1. The number of rotatable bonds is 6. The maximum absolute atomic E-state index is 13.5. The summed E-state index contributed by atoms with van der Waals surface area (Å²) in [6, 6.07) is 9.90. The van der Waals surface area contributed by atoms with Gasteiger partial charge in [0.1, 0.15) is 17.7 Å². The van der Waals surface area contributed by atoms with Crippen molar-refractivity contribution in [3.63, 3.8) is 0 Å². The monoisotopic (exact) mass is 470 g/mol. The van der Waals surface area contributed by atoms with Crippen LogP contribution in [0, 0.1) is 12.7 Å². The predicted molar refractivity (Wildman–Crippen MR) is 123 cm³/mol. The second-order valence-corrected chi connectivity index (χ2v) is 10.2. The van der Waals surface area contributed by atoms with Crippen molar-refractivity contribution in [2.75, 3.05) is 13.1 Å². The average molecular weight is 471 g/mol. The number of halogens is 1. The fourth-order valence-electron chi connectivity index (χ4n) is 4.09. The van der Waals surface area contributed by atoms with E-state index in [9.17, 15) is 17.6 Å². The summed E-state index contributed by atoms with van der Waals surface area (Å²) >= 11 is 0. The van der Waals surface area contributed by atoms with Gasteiger partial charge < -0.3 is 9.88 Å². The molecule has 1 aliphatic rings. The first-order valence-electron chi connectivity index (χ1n) is 10.9. The van der Waals surface area contributed by atoms with E-state index in [1.54, 1.807) is 55.2 Å². The number of aromatic nitrogens is 2. The molecule has 1 saturated heterocycles. The molecule has 33 heavy (non-hydrogen) atoms. The zero-order valence-electron chi connectivity index (χ0n) is 18.7. The number of nitrogens with zero attached hydrogens (tertiary/aromatic N) is 3. The summed E-state index contributed by atoms with van der Waals surface area (Å²) in [5.74, 6) is -0.250. The first-order chi connectivity index (χ1) is 15.8. The molecule has 0 radical (unpaired) electrons. The zero-order valence-corrected chi connectivity index (χ0v) is 19.5. The number of carbonyl (C=O) groups excluding carboxylic acids is 1. The Morgan fingerprint density at radius 3 is 2.42 bits per heavy atom. The summed E-state index contributed by atoms with van der Waals surface area (Å²) in [5, 5.41) is 2.94. The lowest BCUT2D eigenvalue weighted by atomic mass is 10.0. The Labute approximate surface area is 193 Å². The van der Waals surface area contributed by atoms with Crippen molar-refractivity contribution in [1.82, 2.24) is 19.2 Å². The van der Waals surface area contributed by atoms with Crippen LogP contribution in [0.3, 0.4) is 0 Å². The summed E-state index contributed by atoms with van der Waals surface area (Å²) < 4.78 is 43.2. The van der Waals surface area contributed by atoms with Gasteiger partial charge >= 0.3 is 0 Å². The summed E-state index contributed by atoms with van der Waals surface area (Å²) in [6.45, 7) is 2.71. The molecule has 1 aromatic heterocycles. The molecular weight excluding hydrogens is 443 g/mol. The number of sulfonamides is 1. The lowest BCUT2D eigenvalue weighted by Crippen LogP contribution is -2.36. The number of aryl methyl sites for hydroxylation is 2. The number of benzene rings is 2. The minimum absolute atomic E-state index is 0.146. The van der Waals surface area contributed by atoms with Gasteiger partial charge in [-0.05, 0) is 55.2 Å². The number of hydrogen-bond donors (Lipinski definition) is 1. The topological polar surface area (TPSA) is 84.3 Å². The molecule has 1 atom stereocenters. The van der Waals surface area contributed by atoms with Crippen molar-refractivity contribution in [3.8, 4) is 0 Å². The molecule has 2 heterocycles. The lowest BCUT2D eigenvalue weighted by Gasteiger charge is -2.26. The van der Waals surface area contributed by atoms with E-state index in [0.29, 0.717) is 30.0 Å². The van der Waals surface area contributed by atoms with E-state index >= 15 is 0 Å². The number of carbonyl (C=O) groups is 1. The Kier molecular flexibility index (Phi) is 6.62. The number of hydrogen-bond acceptors (Lipinski definition) is 4. The Balaban J connectivity index is 1.66.